The van der Waals surface area contributed by atoms with Crippen molar-refractivity contribution in [3.63, 3.8) is 0 Å². The topological polar surface area (TPSA) is 83.6 Å². The minimum Gasteiger partial charge on any atom is -0.324 e. The van der Waals surface area contributed by atoms with Crippen LogP contribution in [0.1, 0.15) is 29.3 Å². The van der Waals surface area contributed by atoms with Gasteiger partial charge >= 0.3 is 0 Å². The molecule has 3 amide bonds. The third-order valence-electron chi connectivity index (χ3n) is 8.14. The van der Waals surface area contributed by atoms with Crippen molar-refractivity contribution in [1.82, 2.24) is 4.90 Å². The van der Waals surface area contributed by atoms with Crippen LogP contribution in [0.15, 0.2) is 66.7 Å². The first-order valence-corrected chi connectivity index (χ1v) is 11.9. The fraction of sp³-hybridized carbons (Fsp3) is 0.357. The third-order valence-corrected chi connectivity index (χ3v) is 8.14. The molecule has 3 fully saturated rings. The van der Waals surface area contributed by atoms with E-state index in [4.69, 9.17) is 0 Å². The van der Waals surface area contributed by atoms with Gasteiger partial charge in [0.2, 0.25) is 17.7 Å². The maximum atomic E-state index is 13.7. The zero-order valence-electron chi connectivity index (χ0n) is 18.9. The molecule has 2 aromatic rings. The molecule has 6 heteroatoms. The van der Waals surface area contributed by atoms with Crippen LogP contribution in [-0.4, -0.2) is 34.4 Å². The first-order valence-electron chi connectivity index (χ1n) is 11.9. The molecule has 5 aliphatic rings. The van der Waals surface area contributed by atoms with Gasteiger partial charge in [-0.25, -0.2) is 0 Å². The van der Waals surface area contributed by atoms with E-state index in [1.165, 1.54) is 11.8 Å². The maximum absolute atomic E-state index is 13.7. The van der Waals surface area contributed by atoms with Gasteiger partial charge in [-0.2, -0.15) is 0 Å². The van der Waals surface area contributed by atoms with Crippen LogP contribution in [0.5, 0.6) is 0 Å². The molecule has 0 radical (unpaired) electrons. The number of hydrogen-bond acceptors (Lipinski definition) is 4. The number of Topliss-reactive ketones (excluding diaryl/α,β-unsaturated/α-hetero) is 1. The number of anilines is 1. The van der Waals surface area contributed by atoms with Crippen LogP contribution in [0.2, 0.25) is 0 Å². The summed E-state index contributed by atoms with van der Waals surface area (Å²) < 4.78 is 0. The van der Waals surface area contributed by atoms with Gasteiger partial charge in [0.05, 0.1) is 11.8 Å². The lowest BCUT2D eigenvalue weighted by molar-refractivity contribution is -0.146. The highest BCUT2D eigenvalue weighted by molar-refractivity contribution is 6.11. The zero-order valence-corrected chi connectivity index (χ0v) is 18.9. The minimum absolute atomic E-state index is 0.0583. The highest BCUT2D eigenvalue weighted by Crippen LogP contribution is 2.65. The number of carbonyl (C=O) groups is 4. The van der Waals surface area contributed by atoms with E-state index < -0.39 is 11.9 Å². The number of likely N-dealkylation sites (tertiary alicyclic amines) is 1. The number of imide groups is 1. The second-order valence-electron chi connectivity index (χ2n) is 10.0. The molecule has 1 aliphatic heterocycles. The first-order chi connectivity index (χ1) is 16.4. The summed E-state index contributed by atoms with van der Waals surface area (Å²) in [6.45, 7) is 1.49. The average Bonchev–Trinajstić information content (AvgIpc) is 3.62. The van der Waals surface area contributed by atoms with Gasteiger partial charge < -0.3 is 5.32 Å². The van der Waals surface area contributed by atoms with E-state index in [9.17, 15) is 19.2 Å². The number of allylic oxidation sites excluding steroid dienone is 2. The molecular weight excluding hydrogens is 428 g/mol. The Hall–Kier alpha value is -3.54. The first kappa shape index (κ1) is 21.0. The van der Waals surface area contributed by atoms with Gasteiger partial charge in [0.15, 0.2) is 5.78 Å². The number of rotatable bonds is 6. The summed E-state index contributed by atoms with van der Waals surface area (Å²) in [5.41, 5.74) is 1.95. The second kappa shape index (κ2) is 7.76. The van der Waals surface area contributed by atoms with Crippen LogP contribution in [0, 0.1) is 35.5 Å². The number of amides is 3. The van der Waals surface area contributed by atoms with Crippen LogP contribution < -0.4 is 5.32 Å². The Kier molecular flexibility index (Phi) is 4.80. The van der Waals surface area contributed by atoms with Gasteiger partial charge in [0.25, 0.3) is 0 Å². The molecule has 0 unspecified atom stereocenters. The lowest BCUT2D eigenvalue weighted by Gasteiger charge is -2.37. The molecule has 2 aromatic carbocycles. The largest absolute Gasteiger partial charge is 0.324 e. The van der Waals surface area contributed by atoms with E-state index in [1.54, 1.807) is 24.3 Å². The molecule has 0 aromatic heterocycles. The summed E-state index contributed by atoms with van der Waals surface area (Å²) in [4.78, 5) is 53.7. The Labute approximate surface area is 198 Å². The van der Waals surface area contributed by atoms with Gasteiger partial charge in [-0.05, 0) is 66.8 Å². The Balaban J connectivity index is 1.30. The van der Waals surface area contributed by atoms with Gasteiger partial charge in [-0.3, -0.25) is 24.1 Å². The predicted molar refractivity (Wildman–Crippen MR) is 126 cm³/mol. The number of nitrogens with zero attached hydrogens (tertiary/aromatic N) is 1. The standard InChI is InChI=1S/C28H26N2O4/c1-15(31)17-7-9-18(10-8-17)29-26(32)23(13-16-5-3-2-4-6-16)30-27(33)24-19-11-12-20(22-14-21(19)22)25(24)28(30)34/h2-12,19-25H,13-14H2,1H3,(H,29,32)/t19-,20-,21-,22+,23-,24-,25+/m0/s1. The monoisotopic (exact) mass is 454 g/mol. The minimum atomic E-state index is -0.934. The van der Waals surface area contributed by atoms with Crippen molar-refractivity contribution in [3.05, 3.63) is 77.9 Å². The van der Waals surface area contributed by atoms with Crippen molar-refractivity contribution in [2.24, 2.45) is 35.5 Å². The normalized spacial score (nSPS) is 31.1. The molecule has 0 spiro atoms. The molecule has 1 N–H and O–H groups in total. The van der Waals surface area contributed by atoms with Crippen LogP contribution >= 0.6 is 0 Å². The van der Waals surface area contributed by atoms with E-state index in [0.29, 0.717) is 23.1 Å². The van der Waals surface area contributed by atoms with Gasteiger partial charge in [-0.1, -0.05) is 42.5 Å². The summed E-state index contributed by atoms with van der Waals surface area (Å²) in [5.74, 6) is -0.308. The van der Waals surface area contributed by atoms with Gasteiger partial charge in [-0.15, -0.1) is 0 Å². The quantitative estimate of drug-likeness (QED) is 0.411. The van der Waals surface area contributed by atoms with Crippen molar-refractivity contribution < 1.29 is 19.2 Å². The number of carbonyl (C=O) groups excluding carboxylic acids is 4. The fourth-order valence-corrected chi connectivity index (χ4v) is 6.44. The molecule has 7 atom stereocenters. The Morgan fingerprint density at radius 2 is 1.50 bits per heavy atom. The fourth-order valence-electron chi connectivity index (χ4n) is 6.44. The Morgan fingerprint density at radius 1 is 0.912 bits per heavy atom. The smallest absolute Gasteiger partial charge is 0.248 e. The second-order valence-corrected chi connectivity index (χ2v) is 10.0. The van der Waals surface area contributed by atoms with Crippen molar-refractivity contribution in [2.45, 2.75) is 25.8 Å². The summed E-state index contributed by atoms with van der Waals surface area (Å²) in [6, 6.07) is 15.2. The molecule has 7 rings (SSSR count). The highest BCUT2D eigenvalue weighted by atomic mass is 16.2. The zero-order chi connectivity index (χ0) is 23.6. The van der Waals surface area contributed by atoms with Crippen LogP contribution in [0.3, 0.4) is 0 Å². The van der Waals surface area contributed by atoms with E-state index >= 15 is 0 Å². The Bertz CT molecular complexity index is 1180. The summed E-state index contributed by atoms with van der Waals surface area (Å²) in [5, 5.41) is 2.87. The molecule has 1 heterocycles. The van der Waals surface area contributed by atoms with Crippen LogP contribution in [-0.2, 0) is 20.8 Å². The predicted octanol–water partition coefficient (Wildman–Crippen LogP) is 3.49. The lowest BCUT2D eigenvalue weighted by Crippen LogP contribution is -2.49. The van der Waals surface area contributed by atoms with E-state index in [-0.39, 0.29) is 47.7 Å². The van der Waals surface area contributed by atoms with Crippen molar-refractivity contribution in [2.75, 3.05) is 5.32 Å². The maximum Gasteiger partial charge on any atom is 0.248 e. The summed E-state index contributed by atoms with van der Waals surface area (Å²) in [6.07, 6.45) is 5.62. The van der Waals surface area contributed by atoms with Crippen molar-refractivity contribution in [1.29, 1.82) is 0 Å². The number of nitrogens with one attached hydrogen (secondary N) is 1. The summed E-state index contributed by atoms with van der Waals surface area (Å²) >= 11 is 0. The number of benzene rings is 2. The van der Waals surface area contributed by atoms with Gasteiger partial charge in [0, 0.05) is 17.7 Å². The van der Waals surface area contributed by atoms with Gasteiger partial charge in [0.1, 0.15) is 6.04 Å². The molecule has 2 bridgehead atoms. The number of ketones is 1. The highest BCUT2D eigenvalue weighted by Gasteiger charge is 2.67. The third kappa shape index (κ3) is 3.23. The van der Waals surface area contributed by atoms with E-state index in [1.807, 2.05) is 30.3 Å². The van der Waals surface area contributed by atoms with Crippen LogP contribution in [0.4, 0.5) is 5.69 Å². The molecule has 172 valence electrons. The Morgan fingerprint density at radius 3 is 2.06 bits per heavy atom. The molecule has 1 saturated heterocycles. The molecule has 2 saturated carbocycles. The SMILES string of the molecule is CC(=O)c1ccc(NC(=O)[C@H](Cc2ccccc2)N2C(=O)[C@@H]3[C@H]4C=C[C@@H]([C@@H]5C[C@H]45)[C@@H]3C2=O)cc1. The van der Waals surface area contributed by atoms with E-state index in [2.05, 4.69) is 17.5 Å². The van der Waals surface area contributed by atoms with Crippen molar-refractivity contribution >= 4 is 29.2 Å². The molecular formula is C28H26N2O4. The summed E-state index contributed by atoms with van der Waals surface area (Å²) in [7, 11) is 0. The molecule has 6 nitrogen and oxygen atoms in total. The lowest BCUT2D eigenvalue weighted by atomic mass is 9.63. The van der Waals surface area contributed by atoms with E-state index in [0.717, 1.165) is 12.0 Å². The number of hydrogen-bond donors (Lipinski definition) is 1. The van der Waals surface area contributed by atoms with Crippen LogP contribution in [0.25, 0.3) is 0 Å². The molecule has 34 heavy (non-hydrogen) atoms. The average molecular weight is 455 g/mol. The molecule has 4 aliphatic carbocycles. The van der Waals surface area contributed by atoms with Crippen molar-refractivity contribution in [3.8, 4) is 0 Å².